The number of carbonyl (C=O) groups excluding carboxylic acids is 1. The number of benzene rings is 1. The van der Waals surface area contributed by atoms with Crippen LogP contribution in [0.4, 0.5) is 5.69 Å². The van der Waals surface area contributed by atoms with Gasteiger partial charge in [0.05, 0.1) is 12.8 Å². The van der Waals surface area contributed by atoms with E-state index in [0.29, 0.717) is 12.5 Å². The highest BCUT2D eigenvalue weighted by Gasteiger charge is 2.05. The summed E-state index contributed by atoms with van der Waals surface area (Å²) in [7, 11) is 0. The molecule has 7 nitrogen and oxygen atoms in total. The molecule has 0 saturated carbocycles. The van der Waals surface area contributed by atoms with Crippen LogP contribution in [-0.4, -0.2) is 44.6 Å². The molecule has 0 bridgehead atoms. The summed E-state index contributed by atoms with van der Waals surface area (Å²) in [6, 6.07) is 14.0. The minimum Gasteiger partial charge on any atom is -0.467 e. The molecule has 160 valence electrons. The normalized spacial score (nSPS) is 10.8. The first-order valence-corrected chi connectivity index (χ1v) is 9.84. The van der Waals surface area contributed by atoms with Gasteiger partial charge in [-0.2, -0.15) is 0 Å². The molecule has 2 rings (SSSR count). The highest BCUT2D eigenvalue weighted by Crippen LogP contribution is 2.12. The SMILES string of the molecule is CCNC(=NCC(=O)NCc1ccco1)NCCCN(CC)c1ccccc1.I. The number of aliphatic imine (C=N–C) groups is 1. The maximum Gasteiger partial charge on any atom is 0.242 e. The van der Waals surface area contributed by atoms with Gasteiger partial charge in [0.25, 0.3) is 0 Å². The van der Waals surface area contributed by atoms with Crippen molar-refractivity contribution in [1.82, 2.24) is 16.0 Å². The summed E-state index contributed by atoms with van der Waals surface area (Å²) in [5, 5.41) is 9.25. The standard InChI is InChI=1S/C21H31N5O2.HI/c1-3-22-21(25-17-20(27)24-16-19-12-8-15-28-19)23-13-9-14-26(4-2)18-10-6-5-7-11-18;/h5-8,10-12,15H,3-4,9,13-14,16-17H2,1-2H3,(H,24,27)(H2,22,23,25);1H. The monoisotopic (exact) mass is 513 g/mol. The van der Waals surface area contributed by atoms with Crippen LogP contribution in [0.3, 0.4) is 0 Å². The zero-order valence-corrected chi connectivity index (χ0v) is 19.5. The van der Waals surface area contributed by atoms with Crippen molar-refractivity contribution in [1.29, 1.82) is 0 Å². The number of hydrogen-bond donors (Lipinski definition) is 3. The van der Waals surface area contributed by atoms with Crippen LogP contribution in [0.5, 0.6) is 0 Å². The Morgan fingerprint density at radius 3 is 2.52 bits per heavy atom. The molecule has 8 heteroatoms. The van der Waals surface area contributed by atoms with Crippen LogP contribution in [0, 0.1) is 0 Å². The number of nitrogens with one attached hydrogen (secondary N) is 3. The van der Waals surface area contributed by atoms with E-state index in [9.17, 15) is 4.79 Å². The highest BCUT2D eigenvalue weighted by molar-refractivity contribution is 14.0. The van der Waals surface area contributed by atoms with Crippen LogP contribution in [0.15, 0.2) is 58.1 Å². The Bertz CT molecular complexity index is 707. The zero-order chi connectivity index (χ0) is 20.0. The van der Waals surface area contributed by atoms with E-state index in [0.717, 1.165) is 38.4 Å². The summed E-state index contributed by atoms with van der Waals surface area (Å²) < 4.78 is 5.19. The Morgan fingerprint density at radius 1 is 1.07 bits per heavy atom. The number of para-hydroxylation sites is 1. The number of hydrogen-bond acceptors (Lipinski definition) is 4. The van der Waals surface area contributed by atoms with Crippen LogP contribution < -0.4 is 20.9 Å². The zero-order valence-electron chi connectivity index (χ0n) is 17.2. The predicted octanol–water partition coefficient (Wildman–Crippen LogP) is 2.99. The fourth-order valence-corrected chi connectivity index (χ4v) is 2.73. The molecule has 0 radical (unpaired) electrons. The van der Waals surface area contributed by atoms with Crippen molar-refractivity contribution in [2.75, 3.05) is 37.6 Å². The predicted molar refractivity (Wildman–Crippen MR) is 129 cm³/mol. The summed E-state index contributed by atoms with van der Waals surface area (Å²) in [6.45, 7) is 8.05. The molecule has 0 unspecified atom stereocenters. The van der Waals surface area contributed by atoms with Gasteiger partial charge >= 0.3 is 0 Å². The van der Waals surface area contributed by atoms with Gasteiger partial charge in [-0.3, -0.25) is 4.79 Å². The molecule has 0 atom stereocenters. The van der Waals surface area contributed by atoms with Crippen LogP contribution in [0.2, 0.25) is 0 Å². The lowest BCUT2D eigenvalue weighted by molar-refractivity contribution is -0.119. The van der Waals surface area contributed by atoms with E-state index in [1.54, 1.807) is 12.3 Å². The van der Waals surface area contributed by atoms with Crippen molar-refractivity contribution >= 4 is 41.5 Å². The van der Waals surface area contributed by atoms with Crippen molar-refractivity contribution in [3.63, 3.8) is 0 Å². The van der Waals surface area contributed by atoms with Gasteiger partial charge in [0.15, 0.2) is 5.96 Å². The summed E-state index contributed by atoms with van der Waals surface area (Å²) in [5.74, 6) is 1.23. The second kappa shape index (κ2) is 14.7. The third-order valence-electron chi connectivity index (χ3n) is 4.17. The largest absolute Gasteiger partial charge is 0.467 e. The van der Waals surface area contributed by atoms with Crippen LogP contribution in [0.25, 0.3) is 0 Å². The molecular weight excluding hydrogens is 481 g/mol. The minimum atomic E-state index is -0.144. The Morgan fingerprint density at radius 2 is 1.86 bits per heavy atom. The Kier molecular flexibility index (Phi) is 12.6. The summed E-state index contributed by atoms with van der Waals surface area (Å²) >= 11 is 0. The van der Waals surface area contributed by atoms with Crippen LogP contribution >= 0.6 is 24.0 Å². The second-order valence-corrected chi connectivity index (χ2v) is 6.25. The van der Waals surface area contributed by atoms with E-state index in [1.165, 1.54) is 5.69 Å². The minimum absolute atomic E-state index is 0. The number of anilines is 1. The first-order chi connectivity index (χ1) is 13.7. The molecule has 1 heterocycles. The van der Waals surface area contributed by atoms with E-state index < -0.39 is 0 Å². The fraction of sp³-hybridized carbons (Fsp3) is 0.429. The molecule has 0 saturated heterocycles. The van der Waals surface area contributed by atoms with E-state index in [4.69, 9.17) is 4.42 Å². The van der Waals surface area contributed by atoms with Gasteiger partial charge < -0.3 is 25.3 Å². The van der Waals surface area contributed by atoms with Crippen LogP contribution in [0.1, 0.15) is 26.0 Å². The summed E-state index contributed by atoms with van der Waals surface area (Å²) in [5.41, 5.74) is 1.24. The fourth-order valence-electron chi connectivity index (χ4n) is 2.73. The van der Waals surface area contributed by atoms with E-state index >= 15 is 0 Å². The third-order valence-corrected chi connectivity index (χ3v) is 4.17. The first kappa shape index (κ1) is 24.8. The quantitative estimate of drug-likeness (QED) is 0.186. The average molecular weight is 513 g/mol. The number of guanidine groups is 1. The second-order valence-electron chi connectivity index (χ2n) is 6.25. The van der Waals surface area contributed by atoms with Gasteiger partial charge in [-0.25, -0.2) is 4.99 Å². The molecular formula is C21H32IN5O2. The molecule has 0 aliphatic rings. The van der Waals surface area contributed by atoms with Gasteiger partial charge in [0.1, 0.15) is 12.3 Å². The number of halogens is 1. The lowest BCUT2D eigenvalue weighted by Gasteiger charge is -2.23. The van der Waals surface area contributed by atoms with Gasteiger partial charge in [-0.05, 0) is 44.5 Å². The van der Waals surface area contributed by atoms with E-state index in [-0.39, 0.29) is 36.4 Å². The van der Waals surface area contributed by atoms with Gasteiger partial charge in [-0.15, -0.1) is 24.0 Å². The lowest BCUT2D eigenvalue weighted by Crippen LogP contribution is -2.39. The molecule has 1 aromatic heterocycles. The first-order valence-electron chi connectivity index (χ1n) is 9.84. The van der Waals surface area contributed by atoms with E-state index in [1.807, 2.05) is 19.1 Å². The average Bonchev–Trinajstić information content (AvgIpc) is 3.24. The topological polar surface area (TPSA) is 81.9 Å². The van der Waals surface area contributed by atoms with Crippen molar-refractivity contribution in [3.8, 4) is 0 Å². The van der Waals surface area contributed by atoms with Crippen molar-refractivity contribution in [3.05, 3.63) is 54.5 Å². The van der Waals surface area contributed by atoms with Gasteiger partial charge in [0, 0.05) is 31.9 Å². The molecule has 2 aromatic rings. The smallest absolute Gasteiger partial charge is 0.242 e. The number of amides is 1. The molecule has 3 N–H and O–H groups in total. The molecule has 1 aromatic carbocycles. The van der Waals surface area contributed by atoms with E-state index in [2.05, 4.69) is 57.0 Å². The van der Waals surface area contributed by atoms with Crippen molar-refractivity contribution in [2.45, 2.75) is 26.8 Å². The Hall–Kier alpha value is -2.23. The maximum atomic E-state index is 11.9. The maximum absolute atomic E-state index is 11.9. The highest BCUT2D eigenvalue weighted by atomic mass is 127. The van der Waals surface area contributed by atoms with Crippen molar-refractivity contribution in [2.24, 2.45) is 4.99 Å². The number of carbonyl (C=O) groups is 1. The molecule has 1 amide bonds. The molecule has 0 fully saturated rings. The summed E-state index contributed by atoms with van der Waals surface area (Å²) in [4.78, 5) is 18.6. The lowest BCUT2D eigenvalue weighted by atomic mass is 10.2. The third kappa shape index (κ3) is 9.69. The molecule has 29 heavy (non-hydrogen) atoms. The number of rotatable bonds is 11. The Balaban J connectivity index is 0.00000420. The molecule has 0 aliphatic heterocycles. The van der Waals surface area contributed by atoms with Crippen LogP contribution in [-0.2, 0) is 11.3 Å². The molecule has 0 spiro atoms. The number of furan rings is 1. The molecule has 0 aliphatic carbocycles. The van der Waals surface area contributed by atoms with Gasteiger partial charge in [-0.1, -0.05) is 18.2 Å². The number of nitrogens with zero attached hydrogens (tertiary/aromatic N) is 2. The van der Waals surface area contributed by atoms with Crippen molar-refractivity contribution < 1.29 is 9.21 Å². The Labute approximate surface area is 190 Å². The van der Waals surface area contributed by atoms with Gasteiger partial charge in [0.2, 0.25) is 5.91 Å². The summed E-state index contributed by atoms with van der Waals surface area (Å²) in [6.07, 6.45) is 2.56.